The first kappa shape index (κ1) is 7.24. The number of aliphatic hydroxyl groups is 1. The van der Waals surface area contributed by atoms with Crippen molar-refractivity contribution in [3.8, 4) is 0 Å². The molecule has 0 aromatic heterocycles. The highest BCUT2D eigenvalue weighted by Crippen LogP contribution is 2.22. The zero-order valence-corrected chi connectivity index (χ0v) is 6.66. The molecule has 1 aliphatic rings. The van der Waals surface area contributed by atoms with E-state index in [1.165, 1.54) is 12.0 Å². The molecular formula is C7H13OP. The Kier molecular flexibility index (Phi) is 2.68. The van der Waals surface area contributed by atoms with Crippen molar-refractivity contribution >= 4 is 9.24 Å². The van der Waals surface area contributed by atoms with Gasteiger partial charge in [0.2, 0.25) is 0 Å². The number of aliphatic hydroxyl groups excluding tert-OH is 1. The number of rotatable bonds is 1. The molecule has 2 atom stereocenters. The van der Waals surface area contributed by atoms with Crippen LogP contribution in [-0.2, 0) is 0 Å². The van der Waals surface area contributed by atoms with E-state index in [2.05, 4.69) is 15.3 Å². The van der Waals surface area contributed by atoms with Gasteiger partial charge in [0.05, 0.1) is 6.61 Å². The van der Waals surface area contributed by atoms with E-state index >= 15 is 0 Å². The van der Waals surface area contributed by atoms with Gasteiger partial charge in [0.1, 0.15) is 0 Å². The number of allylic oxidation sites excluding steroid dienone is 1. The topological polar surface area (TPSA) is 20.2 Å². The van der Waals surface area contributed by atoms with Crippen molar-refractivity contribution in [2.45, 2.75) is 24.9 Å². The van der Waals surface area contributed by atoms with Crippen LogP contribution in [0.15, 0.2) is 11.6 Å². The molecule has 0 fully saturated rings. The molecule has 0 heterocycles. The van der Waals surface area contributed by atoms with Crippen molar-refractivity contribution in [3.63, 3.8) is 0 Å². The molecule has 0 aliphatic heterocycles. The summed E-state index contributed by atoms with van der Waals surface area (Å²) in [6, 6.07) is 0. The van der Waals surface area contributed by atoms with Gasteiger partial charge in [-0.1, -0.05) is 6.08 Å². The molecule has 1 rings (SSSR count). The minimum absolute atomic E-state index is 0.261. The Balaban J connectivity index is 2.40. The monoisotopic (exact) mass is 144 g/mol. The SMILES string of the molecule is OCC1=CC[C@H](P)CC1. The molecule has 1 aliphatic carbocycles. The molecule has 0 bridgehead atoms. The summed E-state index contributed by atoms with van der Waals surface area (Å²) in [5.74, 6) is 0. The second-order valence-corrected chi connectivity index (χ2v) is 3.50. The van der Waals surface area contributed by atoms with Gasteiger partial charge in [-0.05, 0) is 30.5 Å². The van der Waals surface area contributed by atoms with Gasteiger partial charge in [0, 0.05) is 0 Å². The molecule has 9 heavy (non-hydrogen) atoms. The molecule has 1 unspecified atom stereocenters. The second-order valence-electron chi connectivity index (χ2n) is 2.55. The van der Waals surface area contributed by atoms with E-state index in [1.54, 1.807) is 0 Å². The van der Waals surface area contributed by atoms with Crippen LogP contribution < -0.4 is 0 Å². The van der Waals surface area contributed by atoms with Crippen molar-refractivity contribution < 1.29 is 5.11 Å². The van der Waals surface area contributed by atoms with Crippen molar-refractivity contribution in [2.24, 2.45) is 0 Å². The minimum atomic E-state index is 0.261. The Hall–Kier alpha value is 0.130. The van der Waals surface area contributed by atoms with Gasteiger partial charge >= 0.3 is 0 Å². The van der Waals surface area contributed by atoms with E-state index in [0.29, 0.717) is 0 Å². The Morgan fingerprint density at radius 3 is 3.00 bits per heavy atom. The molecule has 0 radical (unpaired) electrons. The smallest absolute Gasteiger partial charge is 0.0641 e. The van der Waals surface area contributed by atoms with E-state index in [4.69, 9.17) is 5.11 Å². The van der Waals surface area contributed by atoms with Crippen LogP contribution in [0.1, 0.15) is 19.3 Å². The standard InChI is InChI=1S/C7H13OP/c8-5-6-1-3-7(9)4-2-6/h1,7-8H,2-5,9H2/t7-/m0/s1. The Morgan fingerprint density at radius 1 is 1.78 bits per heavy atom. The quantitative estimate of drug-likeness (QED) is 0.435. The first-order chi connectivity index (χ1) is 4.33. The van der Waals surface area contributed by atoms with Gasteiger partial charge < -0.3 is 5.11 Å². The lowest BCUT2D eigenvalue weighted by Gasteiger charge is -2.15. The third-order valence-electron chi connectivity index (χ3n) is 1.75. The fourth-order valence-corrected chi connectivity index (χ4v) is 1.36. The zero-order valence-electron chi connectivity index (χ0n) is 5.51. The largest absolute Gasteiger partial charge is 0.392 e. The van der Waals surface area contributed by atoms with Crippen LogP contribution in [0.5, 0.6) is 0 Å². The molecular weight excluding hydrogens is 131 g/mol. The maximum atomic E-state index is 8.70. The lowest BCUT2D eigenvalue weighted by molar-refractivity contribution is 0.323. The average Bonchev–Trinajstić information content (AvgIpc) is 1.90. The predicted molar refractivity (Wildman–Crippen MR) is 42.5 cm³/mol. The van der Waals surface area contributed by atoms with Crippen LogP contribution in [0.25, 0.3) is 0 Å². The Morgan fingerprint density at radius 2 is 2.56 bits per heavy atom. The van der Waals surface area contributed by atoms with Crippen LogP contribution in [0.4, 0.5) is 0 Å². The van der Waals surface area contributed by atoms with Gasteiger partial charge in [-0.2, -0.15) is 0 Å². The van der Waals surface area contributed by atoms with Crippen LogP contribution >= 0.6 is 9.24 Å². The summed E-state index contributed by atoms with van der Waals surface area (Å²) < 4.78 is 0. The molecule has 0 spiro atoms. The zero-order chi connectivity index (χ0) is 6.69. The second kappa shape index (κ2) is 3.34. The normalized spacial score (nSPS) is 27.8. The lowest BCUT2D eigenvalue weighted by atomic mass is 10.00. The summed E-state index contributed by atoms with van der Waals surface area (Å²) in [4.78, 5) is 0. The van der Waals surface area contributed by atoms with Gasteiger partial charge in [0.25, 0.3) is 0 Å². The third-order valence-corrected chi connectivity index (χ3v) is 2.35. The molecule has 0 aromatic rings. The van der Waals surface area contributed by atoms with Crippen LogP contribution in [0, 0.1) is 0 Å². The molecule has 2 heteroatoms. The average molecular weight is 144 g/mol. The summed E-state index contributed by atoms with van der Waals surface area (Å²) in [5, 5.41) is 8.70. The highest BCUT2D eigenvalue weighted by Gasteiger charge is 2.08. The third kappa shape index (κ3) is 2.08. The minimum Gasteiger partial charge on any atom is -0.392 e. The van der Waals surface area contributed by atoms with E-state index < -0.39 is 0 Å². The summed E-state index contributed by atoms with van der Waals surface area (Å²) in [7, 11) is 2.82. The van der Waals surface area contributed by atoms with Gasteiger partial charge in [-0.15, -0.1) is 9.24 Å². The molecule has 0 aromatic carbocycles. The van der Waals surface area contributed by atoms with Crippen LogP contribution in [0.2, 0.25) is 0 Å². The van der Waals surface area contributed by atoms with E-state index in [-0.39, 0.29) is 6.61 Å². The van der Waals surface area contributed by atoms with Gasteiger partial charge in [-0.3, -0.25) is 0 Å². The highest BCUT2D eigenvalue weighted by atomic mass is 31.0. The summed E-state index contributed by atoms with van der Waals surface area (Å²) in [5.41, 5.74) is 1.97. The first-order valence-corrected chi connectivity index (χ1v) is 4.04. The van der Waals surface area contributed by atoms with Crippen molar-refractivity contribution in [3.05, 3.63) is 11.6 Å². The van der Waals surface area contributed by atoms with E-state index in [9.17, 15) is 0 Å². The molecule has 0 amide bonds. The first-order valence-electron chi connectivity index (χ1n) is 3.37. The van der Waals surface area contributed by atoms with E-state index in [1.807, 2.05) is 0 Å². The molecule has 1 N–H and O–H groups in total. The fourth-order valence-electron chi connectivity index (χ4n) is 1.05. The fraction of sp³-hybridized carbons (Fsp3) is 0.714. The predicted octanol–water partition coefficient (Wildman–Crippen LogP) is 1.33. The molecule has 1 nitrogen and oxygen atoms in total. The summed E-state index contributed by atoms with van der Waals surface area (Å²) in [6.45, 7) is 0.261. The number of hydrogen-bond acceptors (Lipinski definition) is 1. The maximum Gasteiger partial charge on any atom is 0.0641 e. The van der Waals surface area contributed by atoms with Crippen molar-refractivity contribution in [1.82, 2.24) is 0 Å². The summed E-state index contributed by atoms with van der Waals surface area (Å²) in [6.07, 6.45) is 5.59. The molecule has 0 saturated carbocycles. The molecule has 52 valence electrons. The Labute approximate surface area is 58.4 Å². The van der Waals surface area contributed by atoms with E-state index in [0.717, 1.165) is 18.5 Å². The lowest BCUT2D eigenvalue weighted by Crippen LogP contribution is -2.05. The van der Waals surface area contributed by atoms with Gasteiger partial charge in [-0.25, -0.2) is 0 Å². The van der Waals surface area contributed by atoms with Crippen LogP contribution in [-0.4, -0.2) is 17.4 Å². The molecule has 0 saturated heterocycles. The van der Waals surface area contributed by atoms with Crippen molar-refractivity contribution in [1.29, 1.82) is 0 Å². The van der Waals surface area contributed by atoms with Gasteiger partial charge in [0.15, 0.2) is 0 Å². The highest BCUT2D eigenvalue weighted by molar-refractivity contribution is 7.17. The van der Waals surface area contributed by atoms with Crippen LogP contribution in [0.3, 0.4) is 0 Å². The summed E-state index contributed by atoms with van der Waals surface area (Å²) >= 11 is 0. The number of hydrogen-bond donors (Lipinski definition) is 1. The maximum absolute atomic E-state index is 8.70. The Bertz CT molecular complexity index is 120. The van der Waals surface area contributed by atoms with Crippen molar-refractivity contribution in [2.75, 3.05) is 6.61 Å².